The average Bonchev–Trinajstić information content (AvgIpc) is 2.48. The zero-order valence-corrected chi connectivity index (χ0v) is 12.8. The van der Waals surface area contributed by atoms with Gasteiger partial charge in [0.15, 0.2) is 0 Å². The largest absolute Gasteiger partial charge is 0.396 e. The second-order valence-corrected chi connectivity index (χ2v) is 5.42. The predicted octanol–water partition coefficient (Wildman–Crippen LogP) is 3.50. The molecule has 0 fully saturated rings. The predicted molar refractivity (Wildman–Crippen MR) is 85.4 cm³/mol. The Morgan fingerprint density at radius 3 is 2.43 bits per heavy atom. The van der Waals surface area contributed by atoms with E-state index in [1.807, 2.05) is 30.3 Å². The lowest BCUT2D eigenvalue weighted by molar-refractivity contribution is -0.385. The van der Waals surface area contributed by atoms with E-state index in [0.717, 1.165) is 16.8 Å². The number of nitro groups is 1. The van der Waals surface area contributed by atoms with Crippen molar-refractivity contribution in [3.63, 3.8) is 0 Å². The minimum atomic E-state index is -0.405. The lowest BCUT2D eigenvalue weighted by Gasteiger charge is -2.08. The topological polar surface area (TPSA) is 75.4 Å². The Morgan fingerprint density at radius 2 is 1.81 bits per heavy atom. The summed E-state index contributed by atoms with van der Waals surface area (Å²) in [7, 11) is 0. The molecule has 110 valence electrons. The molecule has 2 aromatic carbocycles. The van der Waals surface area contributed by atoms with Crippen molar-refractivity contribution in [3.05, 3.63) is 68.2 Å². The molecule has 0 aliphatic heterocycles. The van der Waals surface area contributed by atoms with Gasteiger partial charge in [-0.2, -0.15) is 0 Å². The van der Waals surface area contributed by atoms with Gasteiger partial charge in [-0.05, 0) is 51.7 Å². The highest BCUT2D eigenvalue weighted by Crippen LogP contribution is 2.26. The first kappa shape index (κ1) is 15.5. The molecular weight excluding hydrogens is 336 g/mol. The van der Waals surface area contributed by atoms with Crippen LogP contribution in [0.25, 0.3) is 0 Å². The van der Waals surface area contributed by atoms with E-state index in [0.29, 0.717) is 17.4 Å². The first-order valence-electron chi connectivity index (χ1n) is 6.46. The highest BCUT2D eigenvalue weighted by Gasteiger charge is 2.11. The third kappa shape index (κ3) is 4.27. The zero-order chi connectivity index (χ0) is 15.2. The summed E-state index contributed by atoms with van der Waals surface area (Å²) in [5.41, 5.74) is 2.90. The van der Waals surface area contributed by atoms with Crippen molar-refractivity contribution in [2.24, 2.45) is 0 Å². The van der Waals surface area contributed by atoms with Gasteiger partial charge in [0.25, 0.3) is 5.69 Å². The number of benzene rings is 2. The van der Waals surface area contributed by atoms with Crippen LogP contribution < -0.4 is 5.32 Å². The molecule has 0 spiro atoms. The maximum absolute atomic E-state index is 10.9. The van der Waals surface area contributed by atoms with E-state index in [1.165, 1.54) is 0 Å². The molecule has 0 aromatic heterocycles. The first-order valence-corrected chi connectivity index (χ1v) is 7.26. The van der Waals surface area contributed by atoms with Gasteiger partial charge in [0.1, 0.15) is 0 Å². The summed E-state index contributed by atoms with van der Waals surface area (Å²) >= 11 is 3.17. The average molecular weight is 351 g/mol. The van der Waals surface area contributed by atoms with Crippen molar-refractivity contribution in [1.29, 1.82) is 0 Å². The van der Waals surface area contributed by atoms with E-state index in [1.54, 1.807) is 12.1 Å². The molecule has 0 heterocycles. The fraction of sp³-hybridized carbons (Fsp3) is 0.200. The minimum absolute atomic E-state index is 0.0626. The number of anilines is 1. The fourth-order valence-corrected chi connectivity index (χ4v) is 2.32. The van der Waals surface area contributed by atoms with Crippen molar-refractivity contribution in [2.75, 3.05) is 11.9 Å². The number of aliphatic hydroxyl groups is 1. The molecular formula is C15H15BrN2O3. The van der Waals surface area contributed by atoms with Gasteiger partial charge >= 0.3 is 0 Å². The van der Waals surface area contributed by atoms with Gasteiger partial charge in [0.05, 0.1) is 9.40 Å². The molecule has 0 saturated carbocycles. The van der Waals surface area contributed by atoms with E-state index in [-0.39, 0.29) is 12.3 Å². The second-order valence-electron chi connectivity index (χ2n) is 4.57. The van der Waals surface area contributed by atoms with Gasteiger partial charge in [0.2, 0.25) is 0 Å². The smallest absolute Gasteiger partial charge is 0.283 e. The van der Waals surface area contributed by atoms with E-state index in [2.05, 4.69) is 21.2 Å². The van der Waals surface area contributed by atoms with Crippen molar-refractivity contribution >= 4 is 27.3 Å². The van der Waals surface area contributed by atoms with Crippen LogP contribution in [0.15, 0.2) is 46.9 Å². The van der Waals surface area contributed by atoms with E-state index >= 15 is 0 Å². The fourth-order valence-electron chi connectivity index (χ4n) is 1.93. The molecule has 0 unspecified atom stereocenters. The normalized spacial score (nSPS) is 10.4. The molecule has 6 heteroatoms. The van der Waals surface area contributed by atoms with Gasteiger partial charge in [-0.3, -0.25) is 10.1 Å². The molecule has 0 aliphatic carbocycles. The molecule has 2 N–H and O–H groups in total. The molecule has 0 amide bonds. The standard InChI is InChI=1S/C15H15BrN2O3/c16-14-6-3-12(9-15(14)18(20)21)10-17-13-4-1-11(2-5-13)7-8-19/h1-6,9,17,19H,7-8,10H2. The van der Waals surface area contributed by atoms with E-state index in [4.69, 9.17) is 5.11 Å². The highest BCUT2D eigenvalue weighted by atomic mass is 79.9. The van der Waals surface area contributed by atoms with Crippen molar-refractivity contribution in [1.82, 2.24) is 0 Å². The molecule has 0 atom stereocenters. The van der Waals surface area contributed by atoms with Crippen LogP contribution in [0.5, 0.6) is 0 Å². The maximum atomic E-state index is 10.9. The Hall–Kier alpha value is -1.92. The van der Waals surface area contributed by atoms with Gasteiger partial charge in [-0.15, -0.1) is 0 Å². The van der Waals surface area contributed by atoms with Crippen LogP contribution in [0.1, 0.15) is 11.1 Å². The van der Waals surface area contributed by atoms with Crippen LogP contribution >= 0.6 is 15.9 Å². The van der Waals surface area contributed by atoms with Crippen LogP contribution in [0, 0.1) is 10.1 Å². The van der Waals surface area contributed by atoms with Crippen molar-refractivity contribution in [3.8, 4) is 0 Å². The number of nitrogens with zero attached hydrogens (tertiary/aromatic N) is 1. The zero-order valence-electron chi connectivity index (χ0n) is 11.3. The van der Waals surface area contributed by atoms with E-state index < -0.39 is 4.92 Å². The van der Waals surface area contributed by atoms with Crippen LogP contribution in [-0.4, -0.2) is 16.6 Å². The highest BCUT2D eigenvalue weighted by molar-refractivity contribution is 9.10. The maximum Gasteiger partial charge on any atom is 0.283 e. The lowest BCUT2D eigenvalue weighted by Crippen LogP contribution is -2.01. The molecule has 0 radical (unpaired) electrons. The van der Waals surface area contributed by atoms with Crippen molar-refractivity contribution in [2.45, 2.75) is 13.0 Å². The van der Waals surface area contributed by atoms with Gasteiger partial charge in [-0.25, -0.2) is 0 Å². The Labute approximate surface area is 130 Å². The van der Waals surface area contributed by atoms with Crippen LogP contribution in [0.4, 0.5) is 11.4 Å². The summed E-state index contributed by atoms with van der Waals surface area (Å²) in [6, 6.07) is 12.8. The second kappa shape index (κ2) is 7.19. The lowest BCUT2D eigenvalue weighted by atomic mass is 10.1. The van der Waals surface area contributed by atoms with Gasteiger partial charge in [-0.1, -0.05) is 18.2 Å². The summed E-state index contributed by atoms with van der Waals surface area (Å²) < 4.78 is 0.476. The van der Waals surface area contributed by atoms with E-state index in [9.17, 15) is 10.1 Å². The minimum Gasteiger partial charge on any atom is -0.396 e. The summed E-state index contributed by atoms with van der Waals surface area (Å²) in [5, 5.41) is 23.0. The number of nitrogens with one attached hydrogen (secondary N) is 1. The number of aliphatic hydroxyl groups excluding tert-OH is 1. The summed E-state index contributed by atoms with van der Waals surface area (Å²) in [4.78, 5) is 10.5. The SMILES string of the molecule is O=[N+]([O-])c1cc(CNc2ccc(CCO)cc2)ccc1Br. The Bertz CT molecular complexity index is 629. The van der Waals surface area contributed by atoms with Gasteiger partial charge in [0, 0.05) is 24.9 Å². The monoisotopic (exact) mass is 350 g/mol. The molecule has 0 aliphatic rings. The Kier molecular flexibility index (Phi) is 5.30. The van der Waals surface area contributed by atoms with Gasteiger partial charge < -0.3 is 10.4 Å². The van der Waals surface area contributed by atoms with Crippen molar-refractivity contribution < 1.29 is 10.0 Å². The number of hydrogen-bond acceptors (Lipinski definition) is 4. The molecule has 5 nitrogen and oxygen atoms in total. The van der Waals surface area contributed by atoms with Crippen LogP contribution in [0.2, 0.25) is 0 Å². The molecule has 21 heavy (non-hydrogen) atoms. The van der Waals surface area contributed by atoms with Crippen LogP contribution in [-0.2, 0) is 13.0 Å². The molecule has 2 aromatic rings. The Balaban J connectivity index is 2.02. The third-order valence-corrected chi connectivity index (χ3v) is 3.73. The number of nitro benzene ring substituents is 1. The Morgan fingerprint density at radius 1 is 1.14 bits per heavy atom. The first-order chi connectivity index (χ1) is 10.1. The third-order valence-electron chi connectivity index (χ3n) is 3.06. The number of hydrogen-bond donors (Lipinski definition) is 2. The number of rotatable bonds is 6. The molecule has 0 bridgehead atoms. The summed E-state index contributed by atoms with van der Waals surface area (Å²) in [5.74, 6) is 0. The van der Waals surface area contributed by atoms with Crippen LogP contribution in [0.3, 0.4) is 0 Å². The summed E-state index contributed by atoms with van der Waals surface area (Å²) in [6.45, 7) is 0.642. The number of halogens is 1. The quantitative estimate of drug-likeness (QED) is 0.617. The molecule has 2 rings (SSSR count). The summed E-state index contributed by atoms with van der Waals surface area (Å²) in [6.07, 6.45) is 0.638. The molecule has 0 saturated heterocycles.